The molecular formula is C24H26N2OS2. The van der Waals surface area contributed by atoms with Gasteiger partial charge >= 0.3 is 0 Å². The molecule has 3 nitrogen and oxygen atoms in total. The van der Waals surface area contributed by atoms with Crippen molar-refractivity contribution in [2.45, 2.75) is 23.5 Å². The van der Waals surface area contributed by atoms with E-state index in [1.165, 1.54) is 16.0 Å². The molecule has 0 atom stereocenters. The van der Waals surface area contributed by atoms with Gasteiger partial charge in [0.15, 0.2) is 5.11 Å². The Balaban J connectivity index is 1.36. The number of hydrogen-bond acceptors (Lipinski definition) is 3. The lowest BCUT2D eigenvalue weighted by Crippen LogP contribution is -2.29. The number of nitrogens with one attached hydrogen (secondary N) is 2. The Morgan fingerprint density at radius 1 is 0.931 bits per heavy atom. The summed E-state index contributed by atoms with van der Waals surface area (Å²) in [4.78, 5) is 1.29. The van der Waals surface area contributed by atoms with Crippen molar-refractivity contribution in [3.05, 3.63) is 90.0 Å². The second-order valence-corrected chi connectivity index (χ2v) is 8.09. The number of benzene rings is 3. The van der Waals surface area contributed by atoms with E-state index in [2.05, 4.69) is 71.3 Å². The predicted molar refractivity (Wildman–Crippen MR) is 128 cm³/mol. The highest BCUT2D eigenvalue weighted by molar-refractivity contribution is 7.98. The number of rotatable bonds is 9. The molecule has 0 amide bonds. The molecule has 0 aliphatic rings. The van der Waals surface area contributed by atoms with E-state index in [0.29, 0.717) is 5.11 Å². The van der Waals surface area contributed by atoms with E-state index >= 15 is 0 Å². The number of anilines is 1. The van der Waals surface area contributed by atoms with Crippen LogP contribution < -0.4 is 15.4 Å². The second kappa shape index (κ2) is 11.5. The smallest absolute Gasteiger partial charge is 0.170 e. The lowest BCUT2D eigenvalue weighted by molar-refractivity contribution is 0.414. The third-order valence-corrected chi connectivity index (χ3v) is 5.75. The largest absolute Gasteiger partial charge is 0.497 e. The lowest BCUT2D eigenvalue weighted by Gasteiger charge is -2.11. The monoisotopic (exact) mass is 422 g/mol. The molecule has 0 saturated carbocycles. The average molecular weight is 423 g/mol. The summed E-state index contributed by atoms with van der Waals surface area (Å²) in [6.07, 6.45) is 1.99. The third kappa shape index (κ3) is 7.44. The highest BCUT2D eigenvalue weighted by atomic mass is 32.2. The van der Waals surface area contributed by atoms with Gasteiger partial charge in [-0.25, -0.2) is 0 Å². The minimum atomic E-state index is 0.655. The standard InChI is InChI=1S/C24H26N2OS2/c1-27-22-9-5-7-19(17-22)8-6-16-25-24(28)26-21-14-12-20(13-15-21)18-29-23-10-3-2-4-11-23/h2-5,7,9-15,17H,6,8,16,18H2,1H3,(H2,25,26,28). The van der Waals surface area contributed by atoms with Gasteiger partial charge in [-0.1, -0.05) is 42.5 Å². The first-order valence-corrected chi connectivity index (χ1v) is 11.1. The van der Waals surface area contributed by atoms with Crippen LogP contribution in [-0.4, -0.2) is 18.8 Å². The van der Waals surface area contributed by atoms with Crippen molar-refractivity contribution in [1.29, 1.82) is 0 Å². The van der Waals surface area contributed by atoms with Crippen molar-refractivity contribution in [2.24, 2.45) is 0 Å². The molecule has 29 heavy (non-hydrogen) atoms. The Hall–Kier alpha value is -2.50. The van der Waals surface area contributed by atoms with Crippen molar-refractivity contribution in [1.82, 2.24) is 5.32 Å². The highest BCUT2D eigenvalue weighted by Gasteiger charge is 2.01. The Labute approximate surface area is 182 Å². The topological polar surface area (TPSA) is 33.3 Å². The van der Waals surface area contributed by atoms with E-state index in [-0.39, 0.29) is 0 Å². The molecule has 3 aromatic carbocycles. The summed E-state index contributed by atoms with van der Waals surface area (Å²) >= 11 is 7.25. The van der Waals surface area contributed by atoms with Crippen molar-refractivity contribution >= 4 is 34.8 Å². The molecule has 3 rings (SSSR count). The molecule has 0 aliphatic heterocycles. The SMILES string of the molecule is COc1cccc(CCCNC(=S)Nc2ccc(CSc3ccccc3)cc2)c1. The molecule has 0 aliphatic carbocycles. The summed E-state index contributed by atoms with van der Waals surface area (Å²) in [5.74, 6) is 1.86. The first-order valence-electron chi connectivity index (χ1n) is 9.67. The zero-order chi connectivity index (χ0) is 20.3. The van der Waals surface area contributed by atoms with Crippen molar-refractivity contribution in [3.63, 3.8) is 0 Å². The van der Waals surface area contributed by atoms with Gasteiger partial charge in [0.1, 0.15) is 5.75 Å². The van der Waals surface area contributed by atoms with Gasteiger partial charge in [0.25, 0.3) is 0 Å². The molecule has 0 aromatic heterocycles. The number of thiocarbonyl (C=S) groups is 1. The highest BCUT2D eigenvalue weighted by Crippen LogP contribution is 2.23. The molecule has 3 aromatic rings. The zero-order valence-corrected chi connectivity index (χ0v) is 18.2. The normalized spacial score (nSPS) is 10.4. The van der Waals surface area contributed by atoms with Crippen LogP contribution in [0.1, 0.15) is 17.5 Å². The Kier molecular flexibility index (Phi) is 8.40. The fourth-order valence-corrected chi connectivity index (χ4v) is 3.96. The summed E-state index contributed by atoms with van der Waals surface area (Å²) in [5.41, 5.74) is 3.57. The number of methoxy groups -OCH3 is 1. The van der Waals surface area contributed by atoms with Crippen LogP contribution in [0.2, 0.25) is 0 Å². The van der Waals surface area contributed by atoms with Gasteiger partial charge in [0.05, 0.1) is 7.11 Å². The van der Waals surface area contributed by atoms with Crippen LogP contribution in [0.25, 0.3) is 0 Å². The molecule has 0 saturated heterocycles. The summed E-state index contributed by atoms with van der Waals surface area (Å²) in [7, 11) is 1.69. The number of ether oxygens (including phenoxy) is 1. The predicted octanol–water partition coefficient (Wildman–Crippen LogP) is 5.91. The fourth-order valence-electron chi connectivity index (χ4n) is 2.87. The van der Waals surface area contributed by atoms with Crippen LogP contribution in [0.3, 0.4) is 0 Å². The minimum absolute atomic E-state index is 0.655. The Bertz CT molecular complexity index is 898. The number of thioether (sulfide) groups is 1. The van der Waals surface area contributed by atoms with E-state index in [1.54, 1.807) is 7.11 Å². The van der Waals surface area contributed by atoms with Crippen molar-refractivity contribution in [3.8, 4) is 5.75 Å². The van der Waals surface area contributed by atoms with Crippen molar-refractivity contribution < 1.29 is 4.74 Å². The zero-order valence-electron chi connectivity index (χ0n) is 16.6. The van der Waals surface area contributed by atoms with Crippen LogP contribution in [0.4, 0.5) is 5.69 Å². The summed E-state index contributed by atoms with van der Waals surface area (Å²) < 4.78 is 5.26. The van der Waals surface area contributed by atoms with E-state index in [9.17, 15) is 0 Å². The quantitative estimate of drug-likeness (QED) is 0.255. The van der Waals surface area contributed by atoms with Gasteiger partial charge in [-0.3, -0.25) is 0 Å². The van der Waals surface area contributed by atoms with E-state index in [4.69, 9.17) is 17.0 Å². The van der Waals surface area contributed by atoms with Gasteiger partial charge in [-0.15, -0.1) is 11.8 Å². The van der Waals surface area contributed by atoms with Crippen molar-refractivity contribution in [2.75, 3.05) is 19.0 Å². The first-order chi connectivity index (χ1) is 14.2. The molecule has 0 bridgehead atoms. The molecule has 2 N–H and O–H groups in total. The van der Waals surface area contributed by atoms with Gasteiger partial charge in [0.2, 0.25) is 0 Å². The van der Waals surface area contributed by atoms with Gasteiger partial charge < -0.3 is 15.4 Å². The maximum Gasteiger partial charge on any atom is 0.170 e. The number of hydrogen-bond donors (Lipinski definition) is 2. The van der Waals surface area contributed by atoms with Crippen LogP contribution in [0, 0.1) is 0 Å². The van der Waals surface area contributed by atoms with Gasteiger partial charge in [-0.05, 0) is 72.6 Å². The minimum Gasteiger partial charge on any atom is -0.497 e. The van der Waals surface area contributed by atoms with Gasteiger partial charge in [0, 0.05) is 22.9 Å². The molecule has 5 heteroatoms. The summed E-state index contributed by atoms with van der Waals surface area (Å²) in [6, 6.07) is 27.1. The molecule has 0 spiro atoms. The third-order valence-electron chi connectivity index (χ3n) is 4.42. The van der Waals surface area contributed by atoms with Crippen LogP contribution >= 0.6 is 24.0 Å². The fraction of sp³-hybridized carbons (Fsp3) is 0.208. The summed E-state index contributed by atoms with van der Waals surface area (Å²) in [6.45, 7) is 0.828. The van der Waals surface area contributed by atoms with E-state index in [1.807, 2.05) is 30.0 Å². The van der Waals surface area contributed by atoms with Crippen LogP contribution in [0.15, 0.2) is 83.8 Å². The molecule has 150 valence electrons. The Morgan fingerprint density at radius 2 is 1.72 bits per heavy atom. The molecule has 0 radical (unpaired) electrons. The molecule has 0 heterocycles. The molecule has 0 unspecified atom stereocenters. The van der Waals surface area contributed by atoms with Gasteiger partial charge in [-0.2, -0.15) is 0 Å². The maximum atomic E-state index is 5.41. The van der Waals surface area contributed by atoms with Crippen LogP contribution in [-0.2, 0) is 12.2 Å². The average Bonchev–Trinajstić information content (AvgIpc) is 2.77. The molecule has 0 fully saturated rings. The maximum absolute atomic E-state index is 5.41. The first kappa shape index (κ1) is 21.2. The van der Waals surface area contributed by atoms with E-state index < -0.39 is 0 Å². The van der Waals surface area contributed by atoms with Crippen LogP contribution in [0.5, 0.6) is 5.75 Å². The second-order valence-electron chi connectivity index (χ2n) is 6.63. The number of aryl methyl sites for hydroxylation is 1. The summed E-state index contributed by atoms with van der Waals surface area (Å²) in [5, 5.41) is 7.18. The Morgan fingerprint density at radius 3 is 2.48 bits per heavy atom. The molecular weight excluding hydrogens is 396 g/mol. The van der Waals surface area contributed by atoms with E-state index in [0.717, 1.165) is 36.6 Å². The lowest BCUT2D eigenvalue weighted by atomic mass is 10.1.